The van der Waals surface area contributed by atoms with E-state index >= 15 is 0 Å². The second-order valence-electron chi connectivity index (χ2n) is 3.27. The van der Waals surface area contributed by atoms with E-state index in [1.807, 2.05) is 0 Å². The second-order valence-corrected chi connectivity index (χ2v) is 4.08. The number of carboxylic acids is 1. The van der Waals surface area contributed by atoms with Crippen molar-refractivity contribution in [1.82, 2.24) is 4.57 Å². The van der Waals surface area contributed by atoms with Gasteiger partial charge in [-0.25, -0.2) is 4.79 Å². The van der Waals surface area contributed by atoms with Crippen LogP contribution in [0, 0.1) is 0 Å². The number of halogens is 4. The van der Waals surface area contributed by atoms with Gasteiger partial charge < -0.3 is 9.67 Å². The standard InChI is InChI=1S/C9H9BrF3NO2/c10-7-4-6(8(15)16)5-14(7)3-1-2-9(11,12)13/h4-5H,1-3H2,(H,15,16). The molecule has 0 unspecified atom stereocenters. The number of alkyl halides is 3. The van der Waals surface area contributed by atoms with E-state index in [2.05, 4.69) is 15.9 Å². The molecule has 1 aromatic rings. The molecule has 0 saturated carbocycles. The summed E-state index contributed by atoms with van der Waals surface area (Å²) >= 11 is 3.08. The van der Waals surface area contributed by atoms with Crippen molar-refractivity contribution in [3.63, 3.8) is 0 Å². The zero-order chi connectivity index (χ0) is 12.3. The van der Waals surface area contributed by atoms with Gasteiger partial charge in [0.1, 0.15) is 0 Å². The van der Waals surface area contributed by atoms with Crippen molar-refractivity contribution in [1.29, 1.82) is 0 Å². The number of aromatic nitrogens is 1. The van der Waals surface area contributed by atoms with Gasteiger partial charge in [-0.3, -0.25) is 0 Å². The van der Waals surface area contributed by atoms with Gasteiger partial charge in [0.15, 0.2) is 0 Å². The zero-order valence-corrected chi connectivity index (χ0v) is 9.68. The molecule has 7 heteroatoms. The Kier molecular flexibility index (Phi) is 4.01. The van der Waals surface area contributed by atoms with Crippen LogP contribution in [0.25, 0.3) is 0 Å². The van der Waals surface area contributed by atoms with Crippen LogP contribution in [0.4, 0.5) is 13.2 Å². The first kappa shape index (κ1) is 13.1. The molecule has 0 fully saturated rings. The maximum Gasteiger partial charge on any atom is 0.389 e. The van der Waals surface area contributed by atoms with Crippen molar-refractivity contribution in [2.75, 3.05) is 0 Å². The lowest BCUT2D eigenvalue weighted by Crippen LogP contribution is -2.09. The Labute approximate surface area is 98.0 Å². The molecule has 0 aliphatic heterocycles. The van der Waals surface area contributed by atoms with Crippen LogP contribution in [-0.4, -0.2) is 21.8 Å². The molecule has 0 bridgehead atoms. The molecule has 3 nitrogen and oxygen atoms in total. The number of carbonyl (C=O) groups is 1. The SMILES string of the molecule is O=C(O)c1cc(Br)n(CCCC(F)(F)F)c1. The van der Waals surface area contributed by atoms with Gasteiger partial charge in [0.25, 0.3) is 0 Å². The van der Waals surface area contributed by atoms with Crippen LogP contribution in [-0.2, 0) is 6.54 Å². The highest BCUT2D eigenvalue weighted by Crippen LogP contribution is 2.23. The normalized spacial score (nSPS) is 11.8. The molecule has 1 N–H and O–H groups in total. The van der Waals surface area contributed by atoms with Gasteiger partial charge in [0.05, 0.1) is 10.2 Å². The fourth-order valence-electron chi connectivity index (χ4n) is 1.22. The largest absolute Gasteiger partial charge is 0.478 e. The van der Waals surface area contributed by atoms with Crippen molar-refractivity contribution in [3.05, 3.63) is 22.4 Å². The molecule has 1 aromatic heterocycles. The summed E-state index contributed by atoms with van der Waals surface area (Å²) in [5, 5.41) is 8.66. The molecule has 0 amide bonds. The highest BCUT2D eigenvalue weighted by molar-refractivity contribution is 9.10. The topological polar surface area (TPSA) is 42.2 Å². The van der Waals surface area contributed by atoms with E-state index in [1.54, 1.807) is 0 Å². The van der Waals surface area contributed by atoms with Crippen molar-refractivity contribution in [3.8, 4) is 0 Å². The van der Waals surface area contributed by atoms with Gasteiger partial charge in [-0.05, 0) is 28.4 Å². The van der Waals surface area contributed by atoms with Crippen LogP contribution in [0.15, 0.2) is 16.9 Å². The minimum absolute atomic E-state index is 0.0545. The van der Waals surface area contributed by atoms with E-state index in [0.29, 0.717) is 4.60 Å². The highest BCUT2D eigenvalue weighted by atomic mass is 79.9. The first-order chi connectivity index (χ1) is 7.29. The minimum atomic E-state index is -4.17. The Morgan fingerprint density at radius 2 is 2.12 bits per heavy atom. The van der Waals surface area contributed by atoms with Gasteiger partial charge in [-0.2, -0.15) is 13.2 Å². The highest BCUT2D eigenvalue weighted by Gasteiger charge is 2.26. The van der Waals surface area contributed by atoms with E-state index < -0.39 is 18.6 Å². The molecule has 0 spiro atoms. The first-order valence-electron chi connectivity index (χ1n) is 4.45. The van der Waals surface area contributed by atoms with Crippen molar-refractivity contribution in [2.24, 2.45) is 0 Å². The summed E-state index contributed by atoms with van der Waals surface area (Å²) in [6.45, 7) is 0.132. The Bertz CT molecular complexity index is 387. The number of hydrogen-bond donors (Lipinski definition) is 1. The van der Waals surface area contributed by atoms with Crippen LogP contribution in [0.3, 0.4) is 0 Å². The third-order valence-corrected chi connectivity index (χ3v) is 2.63. The first-order valence-corrected chi connectivity index (χ1v) is 5.24. The fraction of sp³-hybridized carbons (Fsp3) is 0.444. The van der Waals surface area contributed by atoms with E-state index in [-0.39, 0.29) is 18.5 Å². The summed E-state index contributed by atoms with van der Waals surface area (Å²) < 4.78 is 37.5. The van der Waals surface area contributed by atoms with E-state index in [1.165, 1.54) is 16.8 Å². The maximum absolute atomic E-state index is 11.9. The van der Waals surface area contributed by atoms with Gasteiger partial charge in [-0.15, -0.1) is 0 Å². The molecule has 1 heterocycles. The Morgan fingerprint density at radius 1 is 1.50 bits per heavy atom. The zero-order valence-electron chi connectivity index (χ0n) is 8.09. The van der Waals surface area contributed by atoms with Gasteiger partial charge in [0.2, 0.25) is 0 Å². The van der Waals surface area contributed by atoms with Crippen molar-refractivity contribution < 1.29 is 23.1 Å². The van der Waals surface area contributed by atoms with Crippen LogP contribution < -0.4 is 0 Å². The predicted molar refractivity (Wildman–Crippen MR) is 54.4 cm³/mol. The number of aromatic carboxylic acids is 1. The number of hydrogen-bond acceptors (Lipinski definition) is 1. The van der Waals surface area contributed by atoms with Gasteiger partial charge >= 0.3 is 12.1 Å². The quantitative estimate of drug-likeness (QED) is 0.927. The Morgan fingerprint density at radius 3 is 2.56 bits per heavy atom. The van der Waals surface area contributed by atoms with Crippen molar-refractivity contribution >= 4 is 21.9 Å². The van der Waals surface area contributed by atoms with Gasteiger partial charge in [-0.1, -0.05) is 0 Å². The number of carboxylic acid groups (broad SMARTS) is 1. The molecule has 16 heavy (non-hydrogen) atoms. The molecule has 1 rings (SSSR count). The molecule has 0 aliphatic rings. The van der Waals surface area contributed by atoms with Crippen LogP contribution >= 0.6 is 15.9 Å². The third-order valence-electron chi connectivity index (χ3n) is 1.95. The summed E-state index contributed by atoms with van der Waals surface area (Å²) in [5.41, 5.74) is 0.0545. The van der Waals surface area contributed by atoms with Crippen LogP contribution in [0.1, 0.15) is 23.2 Å². The molecule has 0 saturated heterocycles. The summed E-state index contributed by atoms with van der Waals surface area (Å²) in [4.78, 5) is 10.6. The average Bonchev–Trinajstić information content (AvgIpc) is 2.46. The van der Waals surface area contributed by atoms with Crippen LogP contribution in [0.2, 0.25) is 0 Å². The van der Waals surface area contributed by atoms with Gasteiger partial charge in [0, 0.05) is 19.2 Å². The fourth-order valence-corrected chi connectivity index (χ4v) is 1.74. The molecule has 0 aliphatic carbocycles. The average molecular weight is 300 g/mol. The number of aryl methyl sites for hydroxylation is 1. The number of rotatable bonds is 4. The molecule has 0 aromatic carbocycles. The molecule has 0 radical (unpaired) electrons. The molecule has 0 atom stereocenters. The Hall–Kier alpha value is -0.980. The lowest BCUT2D eigenvalue weighted by molar-refractivity contribution is -0.135. The summed E-state index contributed by atoms with van der Waals surface area (Å²) in [5.74, 6) is -1.10. The maximum atomic E-state index is 11.9. The minimum Gasteiger partial charge on any atom is -0.478 e. The summed E-state index contributed by atoms with van der Waals surface area (Å²) in [6.07, 6.45) is -3.81. The van der Waals surface area contributed by atoms with E-state index in [0.717, 1.165) is 0 Å². The van der Waals surface area contributed by atoms with Crippen molar-refractivity contribution in [2.45, 2.75) is 25.6 Å². The predicted octanol–water partition coefficient (Wildman–Crippen LogP) is 3.29. The number of nitrogens with zero attached hydrogens (tertiary/aromatic N) is 1. The second kappa shape index (κ2) is 4.90. The van der Waals surface area contributed by atoms with E-state index in [9.17, 15) is 18.0 Å². The summed E-state index contributed by atoms with van der Waals surface area (Å²) in [7, 11) is 0. The summed E-state index contributed by atoms with van der Waals surface area (Å²) in [6, 6.07) is 1.36. The van der Waals surface area contributed by atoms with Crippen LogP contribution in [0.5, 0.6) is 0 Å². The molecular weight excluding hydrogens is 291 g/mol. The Balaban J connectivity index is 2.58. The monoisotopic (exact) mass is 299 g/mol. The van der Waals surface area contributed by atoms with E-state index in [4.69, 9.17) is 5.11 Å². The third kappa shape index (κ3) is 3.88. The lowest BCUT2D eigenvalue weighted by Gasteiger charge is -2.07. The lowest BCUT2D eigenvalue weighted by atomic mass is 10.3. The molecular formula is C9H9BrF3NO2. The molecule has 90 valence electrons. The smallest absolute Gasteiger partial charge is 0.389 e.